The highest BCUT2D eigenvalue weighted by atomic mass is 19.3. The minimum atomic E-state index is -4.04. The summed E-state index contributed by atoms with van der Waals surface area (Å²) in [4.78, 5) is 11.3. The van der Waals surface area contributed by atoms with Gasteiger partial charge in [-0.3, -0.25) is 0 Å². The van der Waals surface area contributed by atoms with Crippen LogP contribution in [0.4, 0.5) is 8.78 Å². The summed E-state index contributed by atoms with van der Waals surface area (Å²) < 4.78 is 37.0. The van der Waals surface area contributed by atoms with Crippen LogP contribution in [-0.4, -0.2) is 30.7 Å². The smallest absolute Gasteiger partial charge is 0.380 e. The van der Waals surface area contributed by atoms with Crippen molar-refractivity contribution >= 4 is 5.97 Å². The molecule has 1 aromatic carbocycles. The summed E-state index contributed by atoms with van der Waals surface area (Å²) in [5.41, 5.74) is -2.77. The van der Waals surface area contributed by atoms with E-state index in [0.29, 0.717) is 5.75 Å². The molecule has 6 heteroatoms. The third-order valence-corrected chi connectivity index (χ3v) is 2.80. The predicted octanol–water partition coefficient (Wildman–Crippen LogP) is 2.10. The van der Waals surface area contributed by atoms with Gasteiger partial charge in [0.05, 0.1) is 13.7 Å². The van der Waals surface area contributed by atoms with Gasteiger partial charge in [0.15, 0.2) is 5.60 Å². The van der Waals surface area contributed by atoms with E-state index in [1.807, 2.05) is 0 Å². The molecule has 0 radical (unpaired) electrons. The van der Waals surface area contributed by atoms with Gasteiger partial charge >= 0.3 is 11.9 Å². The molecule has 0 spiro atoms. The first-order valence-electron chi connectivity index (χ1n) is 5.69. The largest absolute Gasteiger partial charge is 0.497 e. The number of ether oxygens (including phenoxy) is 2. The first-order chi connectivity index (χ1) is 8.77. The number of esters is 1. The summed E-state index contributed by atoms with van der Waals surface area (Å²) in [5.74, 6) is -5.34. The van der Waals surface area contributed by atoms with Crippen molar-refractivity contribution < 1.29 is 28.2 Å². The number of halogens is 2. The molecule has 0 aliphatic rings. The lowest BCUT2D eigenvalue weighted by Crippen LogP contribution is -2.49. The number of hydrogen-bond donors (Lipinski definition) is 1. The highest BCUT2D eigenvalue weighted by Crippen LogP contribution is 2.38. The Bertz CT molecular complexity index is 440. The molecule has 0 amide bonds. The van der Waals surface area contributed by atoms with Crippen LogP contribution in [-0.2, 0) is 15.1 Å². The molecule has 0 heterocycles. The van der Waals surface area contributed by atoms with E-state index in [1.54, 1.807) is 0 Å². The van der Waals surface area contributed by atoms with Crippen molar-refractivity contribution in [1.29, 1.82) is 0 Å². The lowest BCUT2D eigenvalue weighted by atomic mass is 9.89. The molecule has 4 nitrogen and oxygen atoms in total. The van der Waals surface area contributed by atoms with Crippen LogP contribution in [0.1, 0.15) is 19.4 Å². The van der Waals surface area contributed by atoms with Crippen molar-refractivity contribution in [2.24, 2.45) is 0 Å². The van der Waals surface area contributed by atoms with Crippen LogP contribution in [0, 0.1) is 0 Å². The number of alkyl halides is 2. The molecule has 1 unspecified atom stereocenters. The zero-order chi connectivity index (χ0) is 14.7. The van der Waals surface area contributed by atoms with Gasteiger partial charge in [-0.2, -0.15) is 8.78 Å². The van der Waals surface area contributed by atoms with Crippen LogP contribution in [0.3, 0.4) is 0 Å². The van der Waals surface area contributed by atoms with Crippen LogP contribution in [0.15, 0.2) is 24.3 Å². The number of methoxy groups -OCH3 is 1. The standard InChI is InChI=1S/C13H16F2O4/c1-4-19-11(16)13(14,15)12(2,17)9-5-7-10(18-3)8-6-9/h5-8,17H,4H2,1-3H3. The molecule has 0 saturated heterocycles. The molecule has 1 N–H and O–H groups in total. The van der Waals surface area contributed by atoms with Gasteiger partial charge in [-0.25, -0.2) is 4.79 Å². The fraction of sp³-hybridized carbons (Fsp3) is 0.462. The van der Waals surface area contributed by atoms with E-state index >= 15 is 0 Å². The molecule has 19 heavy (non-hydrogen) atoms. The van der Waals surface area contributed by atoms with Crippen LogP contribution in [0.2, 0.25) is 0 Å². The number of benzene rings is 1. The van der Waals surface area contributed by atoms with Crippen molar-refractivity contribution in [3.63, 3.8) is 0 Å². The summed E-state index contributed by atoms with van der Waals surface area (Å²) in [5, 5.41) is 9.98. The first kappa shape index (κ1) is 15.4. The summed E-state index contributed by atoms with van der Waals surface area (Å²) in [6.07, 6.45) is 0. The predicted molar refractivity (Wildman–Crippen MR) is 64.1 cm³/mol. The molecular formula is C13H16F2O4. The normalized spacial score (nSPS) is 14.6. The Morgan fingerprint density at radius 2 is 1.84 bits per heavy atom. The summed E-state index contributed by atoms with van der Waals surface area (Å²) in [7, 11) is 1.43. The Kier molecular flexibility index (Phi) is 4.47. The second-order valence-electron chi connectivity index (χ2n) is 4.10. The first-order valence-corrected chi connectivity index (χ1v) is 5.69. The molecule has 0 aromatic heterocycles. The molecule has 1 atom stereocenters. The Morgan fingerprint density at radius 3 is 2.26 bits per heavy atom. The molecule has 0 bridgehead atoms. The van der Waals surface area contributed by atoms with Crippen molar-refractivity contribution in [2.45, 2.75) is 25.4 Å². The third-order valence-electron chi connectivity index (χ3n) is 2.80. The topological polar surface area (TPSA) is 55.8 Å². The van der Waals surface area contributed by atoms with Gasteiger partial charge in [-0.15, -0.1) is 0 Å². The monoisotopic (exact) mass is 274 g/mol. The van der Waals surface area contributed by atoms with E-state index in [1.165, 1.54) is 38.3 Å². The van der Waals surface area contributed by atoms with Gasteiger partial charge in [-0.1, -0.05) is 12.1 Å². The molecule has 0 saturated carbocycles. The minimum absolute atomic E-state index is 0.105. The van der Waals surface area contributed by atoms with Crippen molar-refractivity contribution in [1.82, 2.24) is 0 Å². The number of hydrogen-bond acceptors (Lipinski definition) is 4. The van der Waals surface area contributed by atoms with E-state index in [9.17, 15) is 18.7 Å². The second kappa shape index (κ2) is 5.52. The Balaban J connectivity index is 3.09. The zero-order valence-corrected chi connectivity index (χ0v) is 10.9. The summed E-state index contributed by atoms with van der Waals surface area (Å²) in [6, 6.07) is 5.38. The average molecular weight is 274 g/mol. The van der Waals surface area contributed by atoms with Crippen LogP contribution >= 0.6 is 0 Å². The Labute approximate surface area is 109 Å². The number of rotatable bonds is 5. The molecule has 1 rings (SSSR count). The van der Waals surface area contributed by atoms with Gasteiger partial charge in [0.1, 0.15) is 5.75 Å². The molecule has 0 fully saturated rings. The van der Waals surface area contributed by atoms with E-state index in [0.717, 1.165) is 6.92 Å². The summed E-state index contributed by atoms with van der Waals surface area (Å²) >= 11 is 0. The zero-order valence-electron chi connectivity index (χ0n) is 10.9. The SMILES string of the molecule is CCOC(=O)C(F)(F)C(C)(O)c1ccc(OC)cc1. The van der Waals surface area contributed by atoms with Crippen LogP contribution < -0.4 is 4.74 Å². The van der Waals surface area contributed by atoms with E-state index in [2.05, 4.69) is 4.74 Å². The van der Waals surface area contributed by atoms with E-state index in [-0.39, 0.29) is 12.2 Å². The second-order valence-corrected chi connectivity index (χ2v) is 4.10. The highest BCUT2D eigenvalue weighted by Gasteiger charge is 2.57. The maximum Gasteiger partial charge on any atom is 0.380 e. The van der Waals surface area contributed by atoms with Gasteiger partial charge in [0.25, 0.3) is 0 Å². The number of carbonyl (C=O) groups is 1. The van der Waals surface area contributed by atoms with Crippen molar-refractivity contribution in [3.05, 3.63) is 29.8 Å². The Morgan fingerprint density at radius 1 is 1.32 bits per heavy atom. The third kappa shape index (κ3) is 2.84. The quantitative estimate of drug-likeness (QED) is 0.835. The van der Waals surface area contributed by atoms with Gasteiger partial charge < -0.3 is 14.6 Å². The van der Waals surface area contributed by atoms with E-state index in [4.69, 9.17) is 4.74 Å². The fourth-order valence-corrected chi connectivity index (χ4v) is 1.52. The lowest BCUT2D eigenvalue weighted by molar-refractivity contribution is -0.212. The lowest BCUT2D eigenvalue weighted by Gasteiger charge is -2.31. The maximum absolute atomic E-state index is 13.9. The van der Waals surface area contributed by atoms with Gasteiger partial charge in [0, 0.05) is 0 Å². The molecular weight excluding hydrogens is 258 g/mol. The van der Waals surface area contributed by atoms with Crippen LogP contribution in [0.25, 0.3) is 0 Å². The van der Waals surface area contributed by atoms with Crippen LogP contribution in [0.5, 0.6) is 5.75 Å². The molecule has 1 aromatic rings. The summed E-state index contributed by atoms with van der Waals surface area (Å²) in [6.45, 7) is 2.09. The van der Waals surface area contributed by atoms with Crippen molar-refractivity contribution in [2.75, 3.05) is 13.7 Å². The average Bonchev–Trinajstić information content (AvgIpc) is 2.38. The number of aliphatic hydroxyl groups is 1. The van der Waals surface area contributed by atoms with Gasteiger partial charge in [-0.05, 0) is 31.5 Å². The van der Waals surface area contributed by atoms with Gasteiger partial charge in [0.2, 0.25) is 0 Å². The van der Waals surface area contributed by atoms with Crippen molar-refractivity contribution in [3.8, 4) is 5.75 Å². The Hall–Kier alpha value is -1.69. The fourth-order valence-electron chi connectivity index (χ4n) is 1.52. The number of carbonyl (C=O) groups excluding carboxylic acids is 1. The molecule has 0 aliphatic heterocycles. The highest BCUT2D eigenvalue weighted by molar-refractivity contribution is 5.79. The van der Waals surface area contributed by atoms with E-state index < -0.39 is 17.5 Å². The molecule has 106 valence electrons. The minimum Gasteiger partial charge on any atom is -0.497 e. The maximum atomic E-state index is 13.9. The molecule has 0 aliphatic carbocycles.